The smallest absolute Gasteiger partial charge is 0.216 e. The van der Waals surface area contributed by atoms with Crippen LogP contribution < -0.4 is 4.74 Å². The van der Waals surface area contributed by atoms with Gasteiger partial charge in [-0.15, -0.1) is 0 Å². The van der Waals surface area contributed by atoms with Gasteiger partial charge >= 0.3 is 0 Å². The molecule has 1 radical (unpaired) electrons. The molecule has 1 heterocycles. The largest absolute Gasteiger partial charge is 0.481 e. The summed E-state index contributed by atoms with van der Waals surface area (Å²) >= 11 is 0. The van der Waals surface area contributed by atoms with Crippen molar-refractivity contribution in [1.82, 2.24) is 4.98 Å². The Labute approximate surface area is 67.2 Å². The van der Waals surface area contributed by atoms with E-state index in [0.717, 1.165) is 5.56 Å². The van der Waals surface area contributed by atoms with Crippen LogP contribution in [0.15, 0.2) is 18.3 Å². The van der Waals surface area contributed by atoms with Crippen molar-refractivity contribution < 1.29 is 4.74 Å². The van der Waals surface area contributed by atoms with Crippen molar-refractivity contribution in [3.63, 3.8) is 0 Å². The first-order valence-electron chi connectivity index (χ1n) is 3.55. The Morgan fingerprint density at radius 2 is 2.18 bits per heavy atom. The van der Waals surface area contributed by atoms with Crippen LogP contribution in [0.3, 0.4) is 0 Å². The fraction of sp³-hybridized carbons (Fsp3) is 0.333. The van der Waals surface area contributed by atoms with Crippen LogP contribution >= 0.6 is 0 Å². The minimum atomic E-state index is 0.701. The standard InChI is InChI=1S/C9H12NO/c1-7(2)8-5-4-6-10-9(8)11-3/h4-6H,1-3H3. The van der Waals surface area contributed by atoms with Gasteiger partial charge in [0.15, 0.2) is 0 Å². The second-order valence-electron chi connectivity index (χ2n) is 2.56. The van der Waals surface area contributed by atoms with Crippen LogP contribution in [0.25, 0.3) is 0 Å². The van der Waals surface area contributed by atoms with Crippen molar-refractivity contribution >= 4 is 0 Å². The first-order chi connectivity index (χ1) is 5.25. The minimum absolute atomic E-state index is 0.701. The molecule has 0 aromatic carbocycles. The molecule has 0 spiro atoms. The molecule has 0 aliphatic heterocycles. The first-order valence-corrected chi connectivity index (χ1v) is 3.55. The molecule has 0 N–H and O–H groups in total. The molecule has 0 bridgehead atoms. The monoisotopic (exact) mass is 150 g/mol. The fourth-order valence-electron chi connectivity index (χ4n) is 0.934. The number of ether oxygens (including phenoxy) is 1. The Morgan fingerprint density at radius 1 is 1.45 bits per heavy atom. The van der Waals surface area contributed by atoms with Gasteiger partial charge in [-0.1, -0.05) is 19.9 Å². The molecule has 0 unspecified atom stereocenters. The summed E-state index contributed by atoms with van der Waals surface area (Å²) in [6.45, 7) is 4.08. The summed E-state index contributed by atoms with van der Waals surface area (Å²) in [5, 5.41) is 0. The highest BCUT2D eigenvalue weighted by molar-refractivity contribution is 5.36. The van der Waals surface area contributed by atoms with Gasteiger partial charge in [0.1, 0.15) is 0 Å². The van der Waals surface area contributed by atoms with Crippen LogP contribution in [0.5, 0.6) is 5.88 Å². The Hall–Kier alpha value is -1.05. The summed E-state index contributed by atoms with van der Waals surface area (Å²) < 4.78 is 5.07. The van der Waals surface area contributed by atoms with Gasteiger partial charge in [-0.3, -0.25) is 0 Å². The Kier molecular flexibility index (Phi) is 2.47. The lowest BCUT2D eigenvalue weighted by atomic mass is 10.1. The second kappa shape index (κ2) is 3.37. The van der Waals surface area contributed by atoms with Crippen molar-refractivity contribution in [3.05, 3.63) is 29.8 Å². The molecule has 0 saturated carbocycles. The van der Waals surface area contributed by atoms with Gasteiger partial charge in [-0.2, -0.15) is 0 Å². The van der Waals surface area contributed by atoms with E-state index in [4.69, 9.17) is 4.74 Å². The molecule has 11 heavy (non-hydrogen) atoms. The van der Waals surface area contributed by atoms with E-state index in [2.05, 4.69) is 4.98 Å². The van der Waals surface area contributed by atoms with Crippen LogP contribution in [0, 0.1) is 5.92 Å². The maximum Gasteiger partial charge on any atom is 0.216 e. The minimum Gasteiger partial charge on any atom is -0.481 e. The van der Waals surface area contributed by atoms with E-state index < -0.39 is 0 Å². The summed E-state index contributed by atoms with van der Waals surface area (Å²) in [5.41, 5.74) is 1.08. The lowest BCUT2D eigenvalue weighted by Crippen LogP contribution is -1.96. The molecule has 0 aliphatic carbocycles. The number of rotatable bonds is 2. The quantitative estimate of drug-likeness (QED) is 0.643. The zero-order chi connectivity index (χ0) is 8.27. The molecular formula is C9H12NO. The van der Waals surface area contributed by atoms with Crippen molar-refractivity contribution in [1.29, 1.82) is 0 Å². The highest BCUT2D eigenvalue weighted by Crippen LogP contribution is 2.21. The Morgan fingerprint density at radius 3 is 2.64 bits per heavy atom. The summed E-state index contributed by atoms with van der Waals surface area (Å²) in [5.74, 6) is 1.92. The lowest BCUT2D eigenvalue weighted by molar-refractivity contribution is 0.394. The predicted molar refractivity (Wildman–Crippen MR) is 44.5 cm³/mol. The summed E-state index contributed by atoms with van der Waals surface area (Å²) in [4.78, 5) is 4.08. The van der Waals surface area contributed by atoms with Gasteiger partial charge in [0, 0.05) is 17.7 Å². The number of hydrogen-bond donors (Lipinski definition) is 0. The fourth-order valence-corrected chi connectivity index (χ4v) is 0.934. The van der Waals surface area contributed by atoms with E-state index in [1.807, 2.05) is 26.0 Å². The van der Waals surface area contributed by atoms with Crippen molar-refractivity contribution in [2.75, 3.05) is 7.11 Å². The molecule has 0 atom stereocenters. The van der Waals surface area contributed by atoms with Crippen LogP contribution in [0.4, 0.5) is 0 Å². The normalized spacial score (nSPS) is 10.2. The van der Waals surface area contributed by atoms with Crippen molar-refractivity contribution in [2.45, 2.75) is 13.8 Å². The average molecular weight is 150 g/mol. The summed E-state index contributed by atoms with van der Waals surface area (Å²) in [6, 6.07) is 3.91. The van der Waals surface area contributed by atoms with Gasteiger partial charge in [-0.05, 0) is 6.07 Å². The maximum absolute atomic E-state index is 5.07. The van der Waals surface area contributed by atoms with E-state index in [9.17, 15) is 0 Å². The first kappa shape index (κ1) is 8.05. The molecule has 1 aromatic rings. The summed E-state index contributed by atoms with van der Waals surface area (Å²) in [7, 11) is 1.63. The van der Waals surface area contributed by atoms with E-state index in [0.29, 0.717) is 5.88 Å². The molecule has 2 nitrogen and oxygen atoms in total. The molecule has 0 amide bonds. The highest BCUT2D eigenvalue weighted by Gasteiger charge is 2.06. The van der Waals surface area contributed by atoms with Crippen molar-refractivity contribution in [3.8, 4) is 5.88 Å². The average Bonchev–Trinajstić information content (AvgIpc) is 2.04. The highest BCUT2D eigenvalue weighted by atomic mass is 16.5. The van der Waals surface area contributed by atoms with E-state index in [-0.39, 0.29) is 0 Å². The van der Waals surface area contributed by atoms with Gasteiger partial charge < -0.3 is 4.74 Å². The molecule has 59 valence electrons. The Balaban J connectivity index is 3.02. The third-order valence-corrected chi connectivity index (χ3v) is 1.50. The molecular weight excluding hydrogens is 138 g/mol. The number of aromatic nitrogens is 1. The van der Waals surface area contributed by atoms with Gasteiger partial charge in [0.2, 0.25) is 5.88 Å². The molecule has 0 aliphatic rings. The van der Waals surface area contributed by atoms with Gasteiger partial charge in [-0.25, -0.2) is 4.98 Å². The molecule has 0 saturated heterocycles. The molecule has 0 fully saturated rings. The zero-order valence-corrected chi connectivity index (χ0v) is 7.09. The third kappa shape index (κ3) is 1.70. The third-order valence-electron chi connectivity index (χ3n) is 1.50. The molecule has 2 heteroatoms. The SMILES string of the molecule is COc1ncccc1[C](C)C. The van der Waals surface area contributed by atoms with Crippen LogP contribution in [-0.4, -0.2) is 12.1 Å². The van der Waals surface area contributed by atoms with Gasteiger partial charge in [0.25, 0.3) is 0 Å². The van der Waals surface area contributed by atoms with Crippen molar-refractivity contribution in [2.24, 2.45) is 0 Å². The van der Waals surface area contributed by atoms with Gasteiger partial charge in [0.05, 0.1) is 7.11 Å². The molecule has 1 aromatic heterocycles. The van der Waals surface area contributed by atoms with E-state index in [1.165, 1.54) is 5.92 Å². The number of methoxy groups -OCH3 is 1. The van der Waals surface area contributed by atoms with E-state index in [1.54, 1.807) is 13.3 Å². The number of hydrogen-bond acceptors (Lipinski definition) is 2. The van der Waals surface area contributed by atoms with Crippen LogP contribution in [0.1, 0.15) is 19.4 Å². The Bertz CT molecular complexity index is 233. The second-order valence-corrected chi connectivity index (χ2v) is 2.56. The van der Waals surface area contributed by atoms with E-state index >= 15 is 0 Å². The topological polar surface area (TPSA) is 22.1 Å². The maximum atomic E-state index is 5.07. The number of pyridine rings is 1. The van der Waals surface area contributed by atoms with Crippen LogP contribution in [-0.2, 0) is 0 Å². The summed E-state index contributed by atoms with van der Waals surface area (Å²) in [6.07, 6.45) is 1.73. The molecule has 1 rings (SSSR count). The van der Waals surface area contributed by atoms with Crippen LogP contribution in [0.2, 0.25) is 0 Å². The lowest BCUT2D eigenvalue weighted by Gasteiger charge is -2.08. The zero-order valence-electron chi connectivity index (χ0n) is 7.09. The number of nitrogens with zero attached hydrogens (tertiary/aromatic N) is 1. The predicted octanol–water partition coefficient (Wildman–Crippen LogP) is 2.05.